The van der Waals surface area contributed by atoms with Gasteiger partial charge in [-0.2, -0.15) is 0 Å². The Morgan fingerprint density at radius 1 is 1.07 bits per heavy atom. The Hall–Kier alpha value is -1.38. The quantitative estimate of drug-likeness (QED) is 0.242. The van der Waals surface area contributed by atoms with Crippen LogP contribution < -0.4 is 5.32 Å². The molecule has 0 aromatic rings. The van der Waals surface area contributed by atoms with Crippen LogP contribution in [-0.2, 0) is 28.5 Å². The minimum atomic E-state index is -1.55. The lowest BCUT2D eigenvalue weighted by atomic mass is 9.80. The number of amides is 1. The van der Waals surface area contributed by atoms with Gasteiger partial charge in [0.15, 0.2) is 6.29 Å². The highest BCUT2D eigenvalue weighted by Crippen LogP contribution is 2.33. The SMILES string of the molecule is COC1OC(CO)C(O)C(OC2CC(C(=O)O)C(OC)C(O)C2O)C1NC(C)=O. The molecule has 29 heavy (non-hydrogen) atoms. The molecule has 2 rings (SSSR count). The van der Waals surface area contributed by atoms with Gasteiger partial charge in [-0.05, 0) is 6.42 Å². The number of hydrogen-bond acceptors (Lipinski definition) is 10. The second-order valence-electron chi connectivity index (χ2n) is 7.18. The fourth-order valence-electron chi connectivity index (χ4n) is 3.88. The van der Waals surface area contributed by atoms with Crippen molar-refractivity contribution in [3.05, 3.63) is 0 Å². The van der Waals surface area contributed by atoms with Crippen LogP contribution in [-0.4, -0.2) is 113 Å². The summed E-state index contributed by atoms with van der Waals surface area (Å²) in [5.74, 6) is -2.90. The molecular formula is C17H29NO11. The minimum absolute atomic E-state index is 0.218. The molecule has 0 aromatic carbocycles. The van der Waals surface area contributed by atoms with Crippen molar-refractivity contribution in [3.63, 3.8) is 0 Å². The number of carboxylic acids is 1. The molecule has 1 heterocycles. The van der Waals surface area contributed by atoms with Crippen LogP contribution in [0.5, 0.6) is 0 Å². The second kappa shape index (κ2) is 10.1. The number of aliphatic hydroxyl groups is 4. The lowest BCUT2D eigenvalue weighted by Crippen LogP contribution is -2.67. The lowest BCUT2D eigenvalue weighted by Gasteiger charge is -2.47. The van der Waals surface area contributed by atoms with Crippen LogP contribution in [0.1, 0.15) is 13.3 Å². The molecule has 0 bridgehead atoms. The van der Waals surface area contributed by atoms with Crippen molar-refractivity contribution in [2.24, 2.45) is 5.92 Å². The summed E-state index contributed by atoms with van der Waals surface area (Å²) in [6, 6.07) is -1.02. The number of aliphatic hydroxyl groups excluding tert-OH is 4. The van der Waals surface area contributed by atoms with Gasteiger partial charge in [0.05, 0.1) is 24.7 Å². The molecule has 12 nitrogen and oxygen atoms in total. The summed E-state index contributed by atoms with van der Waals surface area (Å²) in [6.07, 6.45) is -10.5. The van der Waals surface area contributed by atoms with E-state index in [1.54, 1.807) is 0 Å². The predicted octanol–water partition coefficient (Wildman–Crippen LogP) is -3.19. The number of methoxy groups -OCH3 is 2. The standard InChI is InChI=1S/C17H29NO11/c1-6(20)18-10-15(12(22)9(5-19)29-17(10)27-3)28-8-4-7(16(24)25)14(26-2)13(23)11(8)21/h7-15,17,19,21-23H,4-5H2,1-3H3,(H,18,20)(H,24,25). The maximum Gasteiger partial charge on any atom is 0.309 e. The number of carbonyl (C=O) groups is 2. The number of carbonyl (C=O) groups excluding carboxylic acids is 1. The summed E-state index contributed by atoms with van der Waals surface area (Å²) < 4.78 is 21.4. The molecule has 1 aliphatic carbocycles. The molecule has 10 unspecified atom stereocenters. The van der Waals surface area contributed by atoms with Crippen molar-refractivity contribution >= 4 is 11.9 Å². The van der Waals surface area contributed by atoms with E-state index in [2.05, 4.69) is 5.32 Å². The smallest absolute Gasteiger partial charge is 0.309 e. The molecule has 1 saturated heterocycles. The molecule has 0 spiro atoms. The molecular weight excluding hydrogens is 394 g/mol. The largest absolute Gasteiger partial charge is 0.481 e. The third-order valence-corrected chi connectivity index (χ3v) is 5.33. The van der Waals surface area contributed by atoms with Gasteiger partial charge in [0.2, 0.25) is 5.91 Å². The third kappa shape index (κ3) is 5.03. The van der Waals surface area contributed by atoms with Crippen LogP contribution in [0.2, 0.25) is 0 Å². The molecule has 1 amide bonds. The number of ether oxygens (including phenoxy) is 4. The van der Waals surface area contributed by atoms with Crippen LogP contribution in [0, 0.1) is 5.92 Å². The van der Waals surface area contributed by atoms with Crippen LogP contribution in [0.4, 0.5) is 0 Å². The van der Waals surface area contributed by atoms with Crippen LogP contribution in [0.25, 0.3) is 0 Å². The number of nitrogens with one attached hydrogen (secondary N) is 1. The Bertz CT molecular complexity index is 576. The molecule has 6 N–H and O–H groups in total. The summed E-state index contributed by atoms with van der Waals surface area (Å²) in [5, 5.41) is 52.8. The van der Waals surface area contributed by atoms with Gasteiger partial charge in [0, 0.05) is 21.1 Å². The Morgan fingerprint density at radius 2 is 1.72 bits per heavy atom. The molecule has 2 aliphatic rings. The van der Waals surface area contributed by atoms with E-state index in [-0.39, 0.29) is 6.42 Å². The third-order valence-electron chi connectivity index (χ3n) is 5.33. The molecule has 12 heteroatoms. The zero-order valence-corrected chi connectivity index (χ0v) is 16.4. The molecule has 10 atom stereocenters. The van der Waals surface area contributed by atoms with Gasteiger partial charge >= 0.3 is 5.97 Å². The van der Waals surface area contributed by atoms with E-state index in [1.807, 2.05) is 0 Å². The summed E-state index contributed by atoms with van der Waals surface area (Å²) in [5.41, 5.74) is 0. The Kier molecular flexibility index (Phi) is 8.31. The lowest BCUT2D eigenvalue weighted by molar-refractivity contribution is -0.288. The Balaban J connectivity index is 2.30. The highest BCUT2D eigenvalue weighted by atomic mass is 16.7. The van der Waals surface area contributed by atoms with E-state index in [0.29, 0.717) is 0 Å². The van der Waals surface area contributed by atoms with Crippen molar-refractivity contribution in [3.8, 4) is 0 Å². The van der Waals surface area contributed by atoms with Crippen molar-refractivity contribution in [2.75, 3.05) is 20.8 Å². The first kappa shape index (κ1) is 23.9. The monoisotopic (exact) mass is 423 g/mol. The average Bonchev–Trinajstić information content (AvgIpc) is 2.67. The van der Waals surface area contributed by atoms with Gasteiger partial charge in [-0.15, -0.1) is 0 Å². The van der Waals surface area contributed by atoms with Gasteiger partial charge in [-0.3, -0.25) is 9.59 Å². The van der Waals surface area contributed by atoms with Crippen molar-refractivity contribution in [1.82, 2.24) is 5.32 Å². The number of aliphatic carboxylic acids is 1. The molecule has 0 aromatic heterocycles. The molecule has 0 radical (unpaired) electrons. The van der Waals surface area contributed by atoms with E-state index < -0.39 is 79.5 Å². The van der Waals surface area contributed by atoms with Crippen LogP contribution >= 0.6 is 0 Å². The summed E-state index contributed by atoms with van der Waals surface area (Å²) in [6.45, 7) is 0.657. The second-order valence-corrected chi connectivity index (χ2v) is 7.18. The van der Waals surface area contributed by atoms with E-state index in [4.69, 9.17) is 18.9 Å². The van der Waals surface area contributed by atoms with Crippen LogP contribution in [0.15, 0.2) is 0 Å². The molecule has 2 fully saturated rings. The van der Waals surface area contributed by atoms with Gasteiger partial charge in [0.1, 0.15) is 36.6 Å². The Labute approximate surface area is 167 Å². The first-order valence-corrected chi connectivity index (χ1v) is 9.17. The normalized spacial score (nSPS) is 43.0. The number of carboxylic acid groups (broad SMARTS) is 1. The van der Waals surface area contributed by atoms with E-state index in [0.717, 1.165) is 0 Å². The molecule has 1 aliphatic heterocycles. The summed E-state index contributed by atoms with van der Waals surface area (Å²) >= 11 is 0. The highest BCUT2D eigenvalue weighted by molar-refractivity contribution is 5.73. The van der Waals surface area contributed by atoms with E-state index >= 15 is 0 Å². The number of hydrogen-bond donors (Lipinski definition) is 6. The fraction of sp³-hybridized carbons (Fsp3) is 0.882. The highest BCUT2D eigenvalue weighted by Gasteiger charge is 2.52. The maximum absolute atomic E-state index is 11.6. The van der Waals surface area contributed by atoms with E-state index in [9.17, 15) is 35.1 Å². The number of rotatable bonds is 7. The van der Waals surface area contributed by atoms with Gasteiger partial charge in [-0.25, -0.2) is 0 Å². The van der Waals surface area contributed by atoms with Crippen molar-refractivity contribution in [1.29, 1.82) is 0 Å². The maximum atomic E-state index is 11.6. The van der Waals surface area contributed by atoms with Gasteiger partial charge in [-0.1, -0.05) is 0 Å². The first-order chi connectivity index (χ1) is 13.7. The Morgan fingerprint density at radius 3 is 2.21 bits per heavy atom. The first-order valence-electron chi connectivity index (χ1n) is 9.17. The zero-order valence-electron chi connectivity index (χ0n) is 16.4. The zero-order chi connectivity index (χ0) is 21.9. The minimum Gasteiger partial charge on any atom is -0.481 e. The molecule has 1 saturated carbocycles. The van der Waals surface area contributed by atoms with Crippen molar-refractivity contribution < 1.29 is 54.1 Å². The predicted molar refractivity (Wildman–Crippen MR) is 93.6 cm³/mol. The topological polar surface area (TPSA) is 184 Å². The summed E-state index contributed by atoms with van der Waals surface area (Å²) in [4.78, 5) is 23.2. The molecule has 168 valence electrons. The fourth-order valence-corrected chi connectivity index (χ4v) is 3.88. The average molecular weight is 423 g/mol. The van der Waals surface area contributed by atoms with Gasteiger partial charge in [0.25, 0.3) is 0 Å². The van der Waals surface area contributed by atoms with E-state index in [1.165, 1.54) is 21.1 Å². The summed E-state index contributed by atoms with van der Waals surface area (Å²) in [7, 11) is 2.52. The van der Waals surface area contributed by atoms with Gasteiger partial charge < -0.3 is 49.8 Å². The van der Waals surface area contributed by atoms with Crippen molar-refractivity contribution in [2.45, 2.75) is 68.4 Å². The van der Waals surface area contributed by atoms with Crippen LogP contribution in [0.3, 0.4) is 0 Å².